The van der Waals surface area contributed by atoms with Gasteiger partial charge in [0, 0.05) is 43.6 Å². The van der Waals surface area contributed by atoms with Crippen LogP contribution in [-0.4, -0.2) is 36.6 Å². The zero-order valence-electron chi connectivity index (χ0n) is 14.6. The van der Waals surface area contributed by atoms with Crippen molar-refractivity contribution in [1.29, 1.82) is 5.26 Å². The molecule has 0 aromatic heterocycles. The van der Waals surface area contributed by atoms with Gasteiger partial charge < -0.3 is 20.6 Å². The first-order valence-electron chi connectivity index (χ1n) is 8.23. The van der Waals surface area contributed by atoms with Crippen LogP contribution in [-0.2, 0) is 9.59 Å². The van der Waals surface area contributed by atoms with Crippen LogP contribution in [0.2, 0.25) is 0 Å². The van der Waals surface area contributed by atoms with Crippen LogP contribution < -0.4 is 15.5 Å². The summed E-state index contributed by atoms with van der Waals surface area (Å²) in [5.74, 6) is -1.44. The highest BCUT2D eigenvalue weighted by molar-refractivity contribution is 5.97. The second kappa shape index (κ2) is 10.7. The molecule has 0 aliphatic carbocycles. The van der Waals surface area contributed by atoms with Crippen molar-refractivity contribution in [1.82, 2.24) is 5.32 Å². The van der Waals surface area contributed by atoms with Crippen LogP contribution in [0.15, 0.2) is 36.0 Å². The van der Waals surface area contributed by atoms with E-state index in [0.717, 1.165) is 24.5 Å². The van der Waals surface area contributed by atoms with Crippen molar-refractivity contribution in [3.8, 4) is 6.07 Å². The molecule has 0 aliphatic rings. The highest BCUT2D eigenvalue weighted by Gasteiger charge is 2.08. The number of amides is 1. The van der Waals surface area contributed by atoms with Gasteiger partial charge in [-0.2, -0.15) is 5.26 Å². The second-order valence-corrected chi connectivity index (χ2v) is 5.29. The number of nitrogens with zero attached hydrogens (tertiary/aromatic N) is 2. The Morgan fingerprint density at radius 2 is 1.88 bits per heavy atom. The quantitative estimate of drug-likeness (QED) is 0.342. The van der Waals surface area contributed by atoms with E-state index in [1.165, 1.54) is 6.20 Å². The van der Waals surface area contributed by atoms with Gasteiger partial charge in [0.15, 0.2) is 0 Å². The Bertz CT molecular complexity index is 643. The number of hydrogen-bond acceptors (Lipinski definition) is 5. The average Bonchev–Trinajstić information content (AvgIpc) is 2.61. The van der Waals surface area contributed by atoms with Crippen LogP contribution in [0.4, 0.5) is 11.4 Å². The lowest BCUT2D eigenvalue weighted by Gasteiger charge is -2.21. The van der Waals surface area contributed by atoms with Gasteiger partial charge >= 0.3 is 5.97 Å². The van der Waals surface area contributed by atoms with Gasteiger partial charge in [-0.15, -0.1) is 0 Å². The van der Waals surface area contributed by atoms with E-state index in [4.69, 9.17) is 10.4 Å². The summed E-state index contributed by atoms with van der Waals surface area (Å²) in [6.45, 7) is 6.23. The average molecular weight is 344 g/mol. The topological polar surface area (TPSA) is 105 Å². The summed E-state index contributed by atoms with van der Waals surface area (Å²) in [7, 11) is 0. The van der Waals surface area contributed by atoms with Crippen LogP contribution in [0.1, 0.15) is 26.7 Å². The Morgan fingerprint density at radius 1 is 1.24 bits per heavy atom. The minimum atomic E-state index is -0.917. The van der Waals surface area contributed by atoms with Gasteiger partial charge in [-0.05, 0) is 44.5 Å². The molecule has 0 bridgehead atoms. The zero-order valence-corrected chi connectivity index (χ0v) is 14.6. The van der Waals surface area contributed by atoms with E-state index in [1.54, 1.807) is 0 Å². The van der Waals surface area contributed by atoms with Crippen molar-refractivity contribution >= 4 is 23.3 Å². The SMILES string of the molecule is CCN(CC)c1ccc(N/C=C(/C#N)C(=O)NCCCC(=O)O)cc1. The minimum Gasteiger partial charge on any atom is -0.481 e. The fraction of sp³-hybridized carbons (Fsp3) is 0.389. The summed E-state index contributed by atoms with van der Waals surface area (Å²) >= 11 is 0. The molecule has 0 radical (unpaired) electrons. The molecule has 1 aromatic carbocycles. The molecule has 25 heavy (non-hydrogen) atoms. The lowest BCUT2D eigenvalue weighted by Crippen LogP contribution is -2.26. The summed E-state index contributed by atoms with van der Waals surface area (Å²) in [5, 5.41) is 23.1. The third-order valence-electron chi connectivity index (χ3n) is 3.60. The molecule has 0 unspecified atom stereocenters. The van der Waals surface area contributed by atoms with Gasteiger partial charge in [-0.3, -0.25) is 9.59 Å². The van der Waals surface area contributed by atoms with Gasteiger partial charge in [0.05, 0.1) is 0 Å². The molecule has 0 aliphatic heterocycles. The maximum absolute atomic E-state index is 11.9. The Balaban J connectivity index is 2.60. The van der Waals surface area contributed by atoms with Crippen molar-refractivity contribution in [2.75, 3.05) is 29.9 Å². The normalized spacial score (nSPS) is 10.7. The molecular weight excluding hydrogens is 320 g/mol. The molecule has 1 rings (SSSR count). The Labute approximate surface area is 147 Å². The molecule has 1 amide bonds. The lowest BCUT2D eigenvalue weighted by atomic mass is 10.2. The maximum Gasteiger partial charge on any atom is 0.303 e. The predicted octanol–water partition coefficient (Wildman–Crippen LogP) is 2.33. The molecule has 134 valence electrons. The van der Waals surface area contributed by atoms with Gasteiger partial charge in [0.25, 0.3) is 5.91 Å². The van der Waals surface area contributed by atoms with E-state index < -0.39 is 11.9 Å². The van der Waals surface area contributed by atoms with Crippen molar-refractivity contribution < 1.29 is 14.7 Å². The molecule has 0 fully saturated rings. The fourth-order valence-electron chi connectivity index (χ4n) is 2.20. The van der Waals surface area contributed by atoms with Crippen molar-refractivity contribution in [3.63, 3.8) is 0 Å². The van der Waals surface area contributed by atoms with Gasteiger partial charge in [0.2, 0.25) is 0 Å². The molecule has 7 nitrogen and oxygen atoms in total. The summed E-state index contributed by atoms with van der Waals surface area (Å²) in [6, 6.07) is 9.54. The third-order valence-corrected chi connectivity index (χ3v) is 3.60. The van der Waals surface area contributed by atoms with Crippen molar-refractivity contribution in [3.05, 3.63) is 36.0 Å². The summed E-state index contributed by atoms with van der Waals surface area (Å²) in [4.78, 5) is 24.5. The van der Waals surface area contributed by atoms with E-state index in [0.29, 0.717) is 6.42 Å². The lowest BCUT2D eigenvalue weighted by molar-refractivity contribution is -0.137. The monoisotopic (exact) mass is 344 g/mol. The molecular formula is C18H24N4O3. The van der Waals surface area contributed by atoms with Crippen LogP contribution in [0.25, 0.3) is 0 Å². The molecule has 0 saturated carbocycles. The van der Waals surface area contributed by atoms with Crippen LogP contribution in [0.5, 0.6) is 0 Å². The number of benzene rings is 1. The zero-order chi connectivity index (χ0) is 18.7. The first kappa shape index (κ1) is 20.0. The molecule has 0 saturated heterocycles. The summed E-state index contributed by atoms with van der Waals surface area (Å²) in [5.41, 5.74) is 1.81. The van der Waals surface area contributed by atoms with Crippen molar-refractivity contribution in [2.45, 2.75) is 26.7 Å². The number of carboxylic acid groups (broad SMARTS) is 1. The number of rotatable bonds is 10. The molecule has 0 spiro atoms. The number of carbonyl (C=O) groups excluding carboxylic acids is 1. The standard InChI is InChI=1S/C18H24N4O3/c1-3-22(4-2)16-9-7-15(8-10-16)21-13-14(12-19)18(25)20-11-5-6-17(23)24/h7-10,13,21H,3-6,11H2,1-2H3,(H,20,25)(H,23,24)/b14-13-. The van der Waals surface area contributed by atoms with E-state index in [-0.39, 0.29) is 18.5 Å². The van der Waals surface area contributed by atoms with Crippen LogP contribution in [0.3, 0.4) is 0 Å². The number of anilines is 2. The molecule has 7 heteroatoms. The highest BCUT2D eigenvalue weighted by Crippen LogP contribution is 2.17. The predicted molar refractivity (Wildman–Crippen MR) is 97.2 cm³/mol. The van der Waals surface area contributed by atoms with E-state index in [2.05, 4.69) is 29.4 Å². The smallest absolute Gasteiger partial charge is 0.303 e. The number of aliphatic carboxylic acids is 1. The molecule has 0 heterocycles. The molecule has 3 N–H and O–H groups in total. The first-order valence-corrected chi connectivity index (χ1v) is 8.23. The van der Waals surface area contributed by atoms with Gasteiger partial charge in [-0.1, -0.05) is 0 Å². The van der Waals surface area contributed by atoms with Gasteiger partial charge in [-0.25, -0.2) is 0 Å². The van der Waals surface area contributed by atoms with Crippen LogP contribution in [0, 0.1) is 11.3 Å². The minimum absolute atomic E-state index is 0.0248. The van der Waals surface area contributed by atoms with E-state index in [1.807, 2.05) is 30.3 Å². The Morgan fingerprint density at radius 3 is 2.40 bits per heavy atom. The van der Waals surface area contributed by atoms with Gasteiger partial charge in [0.1, 0.15) is 11.6 Å². The van der Waals surface area contributed by atoms with E-state index >= 15 is 0 Å². The summed E-state index contributed by atoms with van der Waals surface area (Å²) < 4.78 is 0. The Hall–Kier alpha value is -3.01. The van der Waals surface area contributed by atoms with Crippen molar-refractivity contribution in [2.24, 2.45) is 0 Å². The second-order valence-electron chi connectivity index (χ2n) is 5.29. The third kappa shape index (κ3) is 6.96. The first-order chi connectivity index (χ1) is 12.0. The number of hydrogen-bond donors (Lipinski definition) is 3. The van der Waals surface area contributed by atoms with Crippen LogP contribution >= 0.6 is 0 Å². The molecule has 0 atom stereocenters. The Kier molecular flexibility index (Phi) is 8.58. The summed E-state index contributed by atoms with van der Waals surface area (Å²) in [6.07, 6.45) is 1.64. The number of carboxylic acids is 1. The molecule has 1 aromatic rings. The largest absolute Gasteiger partial charge is 0.481 e. The number of carbonyl (C=O) groups is 2. The van der Waals surface area contributed by atoms with E-state index in [9.17, 15) is 9.59 Å². The number of nitriles is 1. The maximum atomic E-state index is 11.9. The highest BCUT2D eigenvalue weighted by atomic mass is 16.4. The number of nitrogens with one attached hydrogen (secondary N) is 2. The fourth-order valence-corrected chi connectivity index (χ4v) is 2.20.